The number of nitrogens with one attached hydrogen (secondary N) is 1. The van der Waals surface area contributed by atoms with Gasteiger partial charge in [-0.15, -0.1) is 0 Å². The zero-order valence-corrected chi connectivity index (χ0v) is 12.3. The lowest BCUT2D eigenvalue weighted by Crippen LogP contribution is -2.41. The lowest BCUT2D eigenvalue weighted by molar-refractivity contribution is -0.122. The van der Waals surface area contributed by atoms with Crippen molar-refractivity contribution >= 4 is 5.91 Å². The molecule has 1 fully saturated rings. The Morgan fingerprint density at radius 1 is 1.30 bits per heavy atom. The summed E-state index contributed by atoms with van der Waals surface area (Å²) in [6, 6.07) is 0.365. The molecule has 6 nitrogen and oxygen atoms in total. The van der Waals surface area contributed by atoms with E-state index in [-0.39, 0.29) is 11.8 Å². The third-order valence-corrected chi connectivity index (χ3v) is 3.66. The summed E-state index contributed by atoms with van der Waals surface area (Å²) in [7, 11) is 0. The number of carbonyl (C=O) groups is 1. The molecule has 0 heterocycles. The van der Waals surface area contributed by atoms with Crippen LogP contribution in [0.3, 0.4) is 0 Å². The van der Waals surface area contributed by atoms with Crippen LogP contribution in [0, 0.1) is 5.92 Å². The van der Waals surface area contributed by atoms with Crippen molar-refractivity contribution in [1.82, 2.24) is 5.32 Å². The van der Waals surface area contributed by atoms with E-state index in [1.807, 2.05) is 6.92 Å². The normalized spacial score (nSPS) is 24.5. The monoisotopic (exact) mass is 288 g/mol. The molecule has 0 spiro atoms. The van der Waals surface area contributed by atoms with Crippen LogP contribution in [0.1, 0.15) is 32.6 Å². The van der Waals surface area contributed by atoms with Crippen LogP contribution in [0.2, 0.25) is 0 Å². The van der Waals surface area contributed by atoms with Gasteiger partial charge in [-0.1, -0.05) is 0 Å². The summed E-state index contributed by atoms with van der Waals surface area (Å²) in [4.78, 5) is 11.1. The second kappa shape index (κ2) is 10.1. The summed E-state index contributed by atoms with van der Waals surface area (Å²) < 4.78 is 10.4. The number of carbonyl (C=O) groups excluding carboxylic acids is 1. The molecule has 0 radical (unpaired) electrons. The summed E-state index contributed by atoms with van der Waals surface area (Å²) in [6.07, 6.45) is 3.05. The third-order valence-electron chi connectivity index (χ3n) is 3.66. The van der Waals surface area contributed by atoms with Crippen LogP contribution in [-0.2, 0) is 14.3 Å². The van der Waals surface area contributed by atoms with Crippen molar-refractivity contribution in [2.75, 3.05) is 33.0 Å². The van der Waals surface area contributed by atoms with E-state index in [2.05, 4.69) is 5.32 Å². The predicted octanol–water partition coefficient (Wildman–Crippen LogP) is 0.0341. The Hall–Kier alpha value is -0.690. The molecule has 1 rings (SSSR count). The highest BCUT2D eigenvalue weighted by Crippen LogP contribution is 2.23. The van der Waals surface area contributed by atoms with Crippen molar-refractivity contribution in [2.45, 2.75) is 44.8 Å². The zero-order chi connectivity index (χ0) is 14.8. The first-order chi connectivity index (χ1) is 9.63. The summed E-state index contributed by atoms with van der Waals surface area (Å²) in [6.45, 7) is 4.52. The first-order valence-electron chi connectivity index (χ1n) is 7.49. The molecule has 0 bridgehead atoms. The third kappa shape index (κ3) is 7.19. The van der Waals surface area contributed by atoms with Gasteiger partial charge in [0, 0.05) is 25.1 Å². The van der Waals surface area contributed by atoms with E-state index in [1.54, 1.807) is 0 Å². The molecule has 0 aromatic heterocycles. The lowest BCUT2D eigenvalue weighted by atomic mass is 9.85. The number of rotatable bonds is 10. The van der Waals surface area contributed by atoms with Crippen molar-refractivity contribution in [3.05, 3.63) is 0 Å². The fourth-order valence-electron chi connectivity index (χ4n) is 2.43. The average Bonchev–Trinajstić information content (AvgIpc) is 2.45. The molecule has 1 aliphatic carbocycles. The van der Waals surface area contributed by atoms with Gasteiger partial charge < -0.3 is 25.6 Å². The second-order valence-electron chi connectivity index (χ2n) is 5.28. The van der Waals surface area contributed by atoms with Crippen LogP contribution < -0.4 is 11.1 Å². The Labute approximate surface area is 121 Å². The van der Waals surface area contributed by atoms with Gasteiger partial charge in [0.2, 0.25) is 5.91 Å². The number of aliphatic hydroxyl groups is 1. The number of hydrogen-bond acceptors (Lipinski definition) is 5. The predicted molar refractivity (Wildman–Crippen MR) is 76.3 cm³/mol. The number of nitrogens with two attached hydrogens (primary N) is 1. The highest BCUT2D eigenvalue weighted by Gasteiger charge is 2.24. The Morgan fingerprint density at radius 3 is 2.55 bits per heavy atom. The minimum Gasteiger partial charge on any atom is -0.389 e. The topological polar surface area (TPSA) is 93.8 Å². The molecule has 1 unspecified atom stereocenters. The van der Waals surface area contributed by atoms with Crippen molar-refractivity contribution in [2.24, 2.45) is 11.7 Å². The molecule has 1 saturated carbocycles. The molecular formula is C14H28N2O4. The molecule has 6 heteroatoms. The van der Waals surface area contributed by atoms with E-state index >= 15 is 0 Å². The smallest absolute Gasteiger partial charge is 0.220 e. The van der Waals surface area contributed by atoms with Gasteiger partial charge in [-0.05, 0) is 32.6 Å². The largest absolute Gasteiger partial charge is 0.389 e. The molecule has 0 aliphatic heterocycles. The number of primary amides is 1. The van der Waals surface area contributed by atoms with Gasteiger partial charge in [-0.25, -0.2) is 0 Å². The highest BCUT2D eigenvalue weighted by molar-refractivity contribution is 5.76. The fourth-order valence-corrected chi connectivity index (χ4v) is 2.43. The van der Waals surface area contributed by atoms with Crippen molar-refractivity contribution in [1.29, 1.82) is 0 Å². The lowest BCUT2D eigenvalue weighted by Gasteiger charge is -2.28. The minimum atomic E-state index is -0.509. The van der Waals surface area contributed by atoms with E-state index in [9.17, 15) is 9.90 Å². The molecule has 0 saturated heterocycles. The first-order valence-corrected chi connectivity index (χ1v) is 7.49. The van der Waals surface area contributed by atoms with Gasteiger partial charge in [-0.3, -0.25) is 4.79 Å². The molecule has 1 atom stereocenters. The molecule has 4 N–H and O–H groups in total. The van der Waals surface area contributed by atoms with Gasteiger partial charge >= 0.3 is 0 Å². The average molecular weight is 288 g/mol. The summed E-state index contributed by atoms with van der Waals surface area (Å²) in [5, 5.41) is 13.1. The Kier molecular flexibility index (Phi) is 8.77. The van der Waals surface area contributed by atoms with Crippen LogP contribution in [0.4, 0.5) is 0 Å². The van der Waals surface area contributed by atoms with E-state index in [1.165, 1.54) is 0 Å². The highest BCUT2D eigenvalue weighted by atomic mass is 16.5. The standard InChI is InChI=1S/C14H28N2O4/c1-2-19-7-8-20-10-13(17)9-16-12-5-3-11(4-6-12)14(15)18/h11-13,16-17H,2-10H2,1H3,(H2,15,18). The van der Waals surface area contributed by atoms with Crippen LogP contribution in [0.5, 0.6) is 0 Å². The Bertz CT molecular complexity index is 268. The Balaban J connectivity index is 2.01. The van der Waals surface area contributed by atoms with Crippen LogP contribution in [0.15, 0.2) is 0 Å². The first kappa shape index (κ1) is 17.4. The molecule has 118 valence electrons. The van der Waals surface area contributed by atoms with E-state index < -0.39 is 6.10 Å². The number of ether oxygens (including phenoxy) is 2. The maximum atomic E-state index is 11.1. The van der Waals surface area contributed by atoms with E-state index in [4.69, 9.17) is 15.2 Å². The molecule has 20 heavy (non-hydrogen) atoms. The molecular weight excluding hydrogens is 260 g/mol. The van der Waals surface area contributed by atoms with E-state index in [0.717, 1.165) is 25.7 Å². The molecule has 1 aliphatic rings. The van der Waals surface area contributed by atoms with Gasteiger partial charge in [0.15, 0.2) is 0 Å². The van der Waals surface area contributed by atoms with Gasteiger partial charge in [0.05, 0.1) is 25.9 Å². The molecule has 0 aromatic rings. The van der Waals surface area contributed by atoms with Crippen LogP contribution in [0.25, 0.3) is 0 Å². The number of aliphatic hydroxyl groups excluding tert-OH is 1. The summed E-state index contributed by atoms with van der Waals surface area (Å²) in [5.74, 6) is -0.161. The summed E-state index contributed by atoms with van der Waals surface area (Å²) >= 11 is 0. The van der Waals surface area contributed by atoms with Crippen molar-refractivity contribution in [3.8, 4) is 0 Å². The van der Waals surface area contributed by atoms with Gasteiger partial charge in [-0.2, -0.15) is 0 Å². The second-order valence-corrected chi connectivity index (χ2v) is 5.28. The Morgan fingerprint density at radius 2 is 1.95 bits per heavy atom. The molecule has 1 amide bonds. The maximum absolute atomic E-state index is 11.1. The minimum absolute atomic E-state index is 0.0277. The SMILES string of the molecule is CCOCCOCC(O)CNC1CCC(C(N)=O)CC1. The zero-order valence-electron chi connectivity index (χ0n) is 12.3. The maximum Gasteiger partial charge on any atom is 0.220 e. The van der Waals surface area contributed by atoms with Crippen molar-refractivity contribution in [3.63, 3.8) is 0 Å². The number of amides is 1. The van der Waals surface area contributed by atoms with Crippen molar-refractivity contribution < 1.29 is 19.4 Å². The molecule has 0 aromatic carbocycles. The fraction of sp³-hybridized carbons (Fsp3) is 0.929. The quantitative estimate of drug-likeness (QED) is 0.493. The van der Waals surface area contributed by atoms with Crippen LogP contribution >= 0.6 is 0 Å². The van der Waals surface area contributed by atoms with E-state index in [0.29, 0.717) is 39.0 Å². The van der Waals surface area contributed by atoms with Gasteiger partial charge in [0.25, 0.3) is 0 Å². The number of hydrogen-bond donors (Lipinski definition) is 3. The van der Waals surface area contributed by atoms with Crippen LogP contribution in [-0.4, -0.2) is 56.1 Å². The summed E-state index contributed by atoms with van der Waals surface area (Å²) in [5.41, 5.74) is 5.30. The van der Waals surface area contributed by atoms with Gasteiger partial charge in [0.1, 0.15) is 0 Å².